The summed E-state index contributed by atoms with van der Waals surface area (Å²) in [5.41, 5.74) is -0.676. The third-order valence-corrected chi connectivity index (χ3v) is 4.36. The van der Waals surface area contributed by atoms with Crippen LogP contribution in [0.2, 0.25) is 0 Å². The molecule has 0 bridgehead atoms. The van der Waals surface area contributed by atoms with Gasteiger partial charge in [0.05, 0.1) is 16.7 Å². The molecule has 1 spiro atoms. The van der Waals surface area contributed by atoms with E-state index in [1.54, 1.807) is 0 Å². The fraction of sp³-hybridized carbons (Fsp3) is 0.357. The molecule has 1 saturated carbocycles. The molecule has 6 heteroatoms. The molecule has 0 saturated heterocycles. The van der Waals surface area contributed by atoms with Crippen LogP contribution in [0.3, 0.4) is 0 Å². The van der Waals surface area contributed by atoms with E-state index < -0.39 is 17.2 Å². The fourth-order valence-electron chi connectivity index (χ4n) is 2.91. The molecule has 1 N–H and O–H groups in total. The normalized spacial score (nSPS) is 19.5. The molecule has 1 heterocycles. The van der Waals surface area contributed by atoms with Crippen LogP contribution >= 0.6 is 11.6 Å². The highest BCUT2D eigenvalue weighted by molar-refractivity contribution is 6.49. The molecule has 1 aromatic rings. The molecule has 2 aliphatic rings. The average Bonchev–Trinajstić information content (AvgIpc) is 2.57. The van der Waals surface area contributed by atoms with E-state index in [0.29, 0.717) is 24.1 Å². The smallest absolute Gasteiger partial charge is 0.324 e. The molecular formula is C14H11ClF3NO. The van der Waals surface area contributed by atoms with Crippen molar-refractivity contribution in [1.29, 1.82) is 0 Å². The van der Waals surface area contributed by atoms with Crippen molar-refractivity contribution in [1.82, 2.24) is 0 Å². The predicted octanol–water partition coefficient (Wildman–Crippen LogP) is 4.29. The lowest BCUT2D eigenvalue weighted by Gasteiger charge is -2.36. The van der Waals surface area contributed by atoms with Crippen molar-refractivity contribution in [3.63, 3.8) is 0 Å². The van der Waals surface area contributed by atoms with Gasteiger partial charge in [-0.05, 0) is 30.5 Å². The number of amides is 1. The average molecular weight is 302 g/mol. The van der Waals surface area contributed by atoms with E-state index in [1.165, 1.54) is 0 Å². The maximum Gasteiger partial charge on any atom is 0.416 e. The molecule has 0 unspecified atom stereocenters. The lowest BCUT2D eigenvalue weighted by molar-refractivity contribution is -0.137. The first kappa shape index (κ1) is 13.5. The number of anilines is 1. The summed E-state index contributed by atoms with van der Waals surface area (Å²) in [6.45, 7) is 3.49. The van der Waals surface area contributed by atoms with Gasteiger partial charge in [-0.3, -0.25) is 4.79 Å². The van der Waals surface area contributed by atoms with Crippen LogP contribution in [0.4, 0.5) is 18.9 Å². The number of carbonyl (C=O) groups excluding carboxylic acids is 1. The number of halogens is 4. The molecule has 0 atom stereocenters. The van der Waals surface area contributed by atoms with Crippen LogP contribution < -0.4 is 5.32 Å². The Morgan fingerprint density at radius 3 is 2.45 bits per heavy atom. The second-order valence-electron chi connectivity index (χ2n) is 5.24. The molecule has 2 nitrogen and oxygen atoms in total. The van der Waals surface area contributed by atoms with E-state index in [0.717, 1.165) is 18.6 Å². The van der Waals surface area contributed by atoms with Gasteiger partial charge in [-0.25, -0.2) is 0 Å². The van der Waals surface area contributed by atoms with Gasteiger partial charge in [0.25, 0.3) is 0 Å². The van der Waals surface area contributed by atoms with Gasteiger partial charge in [0.2, 0.25) is 5.91 Å². The molecule has 1 aliphatic heterocycles. The zero-order valence-electron chi connectivity index (χ0n) is 10.4. The van der Waals surface area contributed by atoms with Crippen LogP contribution in [0.15, 0.2) is 18.7 Å². The lowest BCUT2D eigenvalue weighted by Crippen LogP contribution is -2.40. The Morgan fingerprint density at radius 1 is 1.35 bits per heavy atom. The van der Waals surface area contributed by atoms with Crippen molar-refractivity contribution in [2.24, 2.45) is 0 Å². The van der Waals surface area contributed by atoms with Gasteiger partial charge in [0.1, 0.15) is 0 Å². The van der Waals surface area contributed by atoms with E-state index in [4.69, 9.17) is 11.6 Å². The molecule has 1 aliphatic carbocycles. The topological polar surface area (TPSA) is 29.1 Å². The first-order valence-corrected chi connectivity index (χ1v) is 6.55. The molecule has 106 valence electrons. The zero-order valence-corrected chi connectivity index (χ0v) is 11.2. The van der Waals surface area contributed by atoms with Crippen LogP contribution in [0.5, 0.6) is 0 Å². The molecule has 20 heavy (non-hydrogen) atoms. The number of fused-ring (bicyclic) bond motifs is 2. The summed E-state index contributed by atoms with van der Waals surface area (Å²) in [4.78, 5) is 12.1. The SMILES string of the molecule is C=C(Cl)c1cc(C(F)(F)F)cc2c1NC(=O)C21CCC1. The van der Waals surface area contributed by atoms with E-state index >= 15 is 0 Å². The Balaban J connectivity index is 2.26. The third kappa shape index (κ3) is 1.69. The largest absolute Gasteiger partial charge is 0.416 e. The van der Waals surface area contributed by atoms with Crippen molar-refractivity contribution in [3.05, 3.63) is 35.4 Å². The van der Waals surface area contributed by atoms with Crippen LogP contribution in [0, 0.1) is 0 Å². The van der Waals surface area contributed by atoms with E-state index in [2.05, 4.69) is 11.9 Å². The van der Waals surface area contributed by atoms with Crippen molar-refractivity contribution >= 4 is 28.2 Å². The number of alkyl halides is 3. The van der Waals surface area contributed by atoms with Crippen molar-refractivity contribution in [2.75, 3.05) is 5.32 Å². The second-order valence-corrected chi connectivity index (χ2v) is 5.70. The van der Waals surface area contributed by atoms with Gasteiger partial charge < -0.3 is 5.32 Å². The zero-order chi connectivity index (χ0) is 14.7. The van der Waals surface area contributed by atoms with Crippen LogP contribution in [0.1, 0.15) is 36.0 Å². The van der Waals surface area contributed by atoms with E-state index in [1.807, 2.05) is 0 Å². The van der Waals surface area contributed by atoms with Crippen molar-refractivity contribution < 1.29 is 18.0 Å². The summed E-state index contributed by atoms with van der Waals surface area (Å²) < 4.78 is 39.0. The molecule has 3 rings (SSSR count). The fourth-order valence-corrected chi connectivity index (χ4v) is 3.06. The summed E-state index contributed by atoms with van der Waals surface area (Å²) in [6.07, 6.45) is -2.50. The standard InChI is InChI=1S/C14H11ClF3NO/c1-7(15)9-5-8(14(16,17)18)6-10-11(9)19-12(20)13(10)3-2-4-13/h5-6H,1-4H2,(H,19,20). The summed E-state index contributed by atoms with van der Waals surface area (Å²) in [5, 5.41) is 2.66. The first-order valence-electron chi connectivity index (χ1n) is 6.18. The first-order chi connectivity index (χ1) is 9.25. The lowest BCUT2D eigenvalue weighted by atomic mass is 9.65. The minimum absolute atomic E-state index is 0.0102. The van der Waals surface area contributed by atoms with Crippen molar-refractivity contribution in [3.8, 4) is 0 Å². The maximum atomic E-state index is 13.0. The minimum atomic E-state index is -4.48. The van der Waals surface area contributed by atoms with Gasteiger partial charge in [0.15, 0.2) is 0 Å². The minimum Gasteiger partial charge on any atom is -0.324 e. The molecule has 1 aromatic carbocycles. The van der Waals surface area contributed by atoms with Gasteiger partial charge in [-0.2, -0.15) is 13.2 Å². The number of hydrogen-bond acceptors (Lipinski definition) is 1. The number of carbonyl (C=O) groups is 1. The van der Waals surface area contributed by atoms with Crippen LogP contribution in [-0.2, 0) is 16.4 Å². The molecule has 1 fully saturated rings. The predicted molar refractivity (Wildman–Crippen MR) is 70.5 cm³/mol. The Hall–Kier alpha value is -1.49. The van der Waals surface area contributed by atoms with E-state index in [9.17, 15) is 18.0 Å². The van der Waals surface area contributed by atoms with E-state index in [-0.39, 0.29) is 16.5 Å². The van der Waals surface area contributed by atoms with Gasteiger partial charge in [-0.1, -0.05) is 24.6 Å². The van der Waals surface area contributed by atoms with Crippen LogP contribution in [0.25, 0.3) is 5.03 Å². The summed E-state index contributed by atoms with van der Waals surface area (Å²) in [5.74, 6) is -0.239. The monoisotopic (exact) mass is 301 g/mol. The Morgan fingerprint density at radius 2 is 2.00 bits per heavy atom. The summed E-state index contributed by atoms with van der Waals surface area (Å²) >= 11 is 5.80. The van der Waals surface area contributed by atoms with Gasteiger partial charge in [0, 0.05) is 10.6 Å². The maximum absolute atomic E-state index is 13.0. The quantitative estimate of drug-likeness (QED) is 0.824. The Labute approximate surface area is 118 Å². The molecule has 1 amide bonds. The van der Waals surface area contributed by atoms with Crippen LogP contribution in [-0.4, -0.2) is 5.91 Å². The van der Waals surface area contributed by atoms with Gasteiger partial charge in [-0.15, -0.1) is 0 Å². The molecule has 0 radical (unpaired) electrons. The second kappa shape index (κ2) is 4.01. The Bertz CT molecular complexity index is 632. The highest BCUT2D eigenvalue weighted by Crippen LogP contribution is 2.54. The number of rotatable bonds is 1. The highest BCUT2D eigenvalue weighted by atomic mass is 35.5. The molecule has 0 aromatic heterocycles. The number of nitrogens with one attached hydrogen (secondary N) is 1. The number of hydrogen-bond donors (Lipinski definition) is 1. The summed E-state index contributed by atoms with van der Waals surface area (Å²) in [7, 11) is 0. The van der Waals surface area contributed by atoms with Crippen molar-refractivity contribution in [2.45, 2.75) is 30.9 Å². The highest BCUT2D eigenvalue weighted by Gasteiger charge is 2.52. The summed E-state index contributed by atoms with van der Waals surface area (Å²) in [6, 6.07) is 2.00. The third-order valence-electron chi connectivity index (χ3n) is 4.15. The molecular weight excluding hydrogens is 291 g/mol. The number of benzene rings is 1. The Kier molecular flexibility index (Phi) is 2.70. The van der Waals surface area contributed by atoms with Gasteiger partial charge >= 0.3 is 6.18 Å².